The zero-order valence-electron chi connectivity index (χ0n) is 12.6. The molecule has 1 aliphatic rings. The van der Waals surface area contributed by atoms with Crippen LogP contribution in [-0.4, -0.2) is 60.1 Å². The number of piperazine rings is 1. The molecule has 1 aliphatic heterocycles. The lowest BCUT2D eigenvalue weighted by molar-refractivity contribution is 0.196. The SMILES string of the molecule is CCN1CCN(S(=O)(=O)c2cnn(-c3ccccc3)c2)CC1. The smallest absolute Gasteiger partial charge is 0.246 e. The predicted molar refractivity (Wildman–Crippen MR) is 84.4 cm³/mol. The van der Waals surface area contributed by atoms with E-state index < -0.39 is 10.0 Å². The minimum atomic E-state index is -3.46. The molecule has 0 bridgehead atoms. The van der Waals surface area contributed by atoms with Gasteiger partial charge in [-0.2, -0.15) is 9.40 Å². The first-order chi connectivity index (χ1) is 10.6. The molecular weight excluding hydrogens is 300 g/mol. The second kappa shape index (κ2) is 6.20. The van der Waals surface area contributed by atoms with Gasteiger partial charge in [0.1, 0.15) is 4.90 Å². The van der Waals surface area contributed by atoms with Gasteiger partial charge in [-0.3, -0.25) is 0 Å². The van der Waals surface area contributed by atoms with Crippen molar-refractivity contribution in [1.82, 2.24) is 19.0 Å². The maximum atomic E-state index is 12.7. The maximum absolute atomic E-state index is 12.7. The molecule has 7 heteroatoms. The predicted octanol–water partition coefficient (Wildman–Crippen LogP) is 1.20. The molecule has 3 rings (SSSR count). The Morgan fingerprint density at radius 1 is 1.09 bits per heavy atom. The molecule has 2 heterocycles. The highest BCUT2D eigenvalue weighted by atomic mass is 32.2. The summed E-state index contributed by atoms with van der Waals surface area (Å²) in [6, 6.07) is 9.50. The van der Waals surface area contributed by atoms with Crippen molar-refractivity contribution in [3.63, 3.8) is 0 Å². The van der Waals surface area contributed by atoms with Gasteiger partial charge in [-0.1, -0.05) is 25.1 Å². The molecule has 0 unspecified atom stereocenters. The summed E-state index contributed by atoms with van der Waals surface area (Å²) >= 11 is 0. The normalized spacial score (nSPS) is 17.7. The Morgan fingerprint density at radius 2 is 1.77 bits per heavy atom. The van der Waals surface area contributed by atoms with Crippen LogP contribution in [0.2, 0.25) is 0 Å². The second-order valence-electron chi connectivity index (χ2n) is 5.29. The van der Waals surface area contributed by atoms with Crippen LogP contribution in [0.3, 0.4) is 0 Å². The number of likely N-dealkylation sites (N-methyl/N-ethyl adjacent to an activating group) is 1. The van der Waals surface area contributed by atoms with Gasteiger partial charge >= 0.3 is 0 Å². The third-order valence-electron chi connectivity index (χ3n) is 4.00. The molecular formula is C15H20N4O2S. The van der Waals surface area contributed by atoms with Gasteiger partial charge in [-0.15, -0.1) is 0 Å². The van der Waals surface area contributed by atoms with Crippen LogP contribution in [0.25, 0.3) is 5.69 Å². The minimum Gasteiger partial charge on any atom is -0.301 e. The molecule has 0 amide bonds. The zero-order valence-corrected chi connectivity index (χ0v) is 13.4. The highest BCUT2D eigenvalue weighted by Gasteiger charge is 2.29. The fraction of sp³-hybridized carbons (Fsp3) is 0.400. The summed E-state index contributed by atoms with van der Waals surface area (Å²) in [5.74, 6) is 0. The van der Waals surface area contributed by atoms with Crippen molar-refractivity contribution in [2.75, 3.05) is 32.7 Å². The van der Waals surface area contributed by atoms with E-state index in [1.165, 1.54) is 6.20 Å². The molecule has 0 N–H and O–H groups in total. The average molecular weight is 320 g/mol. The molecule has 1 saturated heterocycles. The monoisotopic (exact) mass is 320 g/mol. The molecule has 0 spiro atoms. The van der Waals surface area contributed by atoms with E-state index in [0.29, 0.717) is 13.1 Å². The fourth-order valence-electron chi connectivity index (χ4n) is 2.60. The lowest BCUT2D eigenvalue weighted by atomic mass is 10.3. The number of para-hydroxylation sites is 1. The Kier molecular flexibility index (Phi) is 4.28. The van der Waals surface area contributed by atoms with Gasteiger partial charge in [-0.25, -0.2) is 13.1 Å². The van der Waals surface area contributed by atoms with Crippen LogP contribution in [0.1, 0.15) is 6.92 Å². The first-order valence-corrected chi connectivity index (χ1v) is 8.88. The van der Waals surface area contributed by atoms with Crippen LogP contribution in [0.4, 0.5) is 0 Å². The topological polar surface area (TPSA) is 58.4 Å². The second-order valence-corrected chi connectivity index (χ2v) is 7.23. The number of benzene rings is 1. The molecule has 2 aromatic rings. The fourth-order valence-corrected chi connectivity index (χ4v) is 3.95. The summed E-state index contributed by atoms with van der Waals surface area (Å²) in [6.45, 7) is 5.68. The molecule has 6 nitrogen and oxygen atoms in total. The van der Waals surface area contributed by atoms with Crippen LogP contribution in [0, 0.1) is 0 Å². The highest BCUT2D eigenvalue weighted by Crippen LogP contribution is 2.18. The Balaban J connectivity index is 1.80. The Bertz CT molecular complexity index is 719. The summed E-state index contributed by atoms with van der Waals surface area (Å²) < 4.78 is 28.5. The molecule has 1 fully saturated rings. The zero-order chi connectivity index (χ0) is 15.6. The van der Waals surface area contributed by atoms with Gasteiger partial charge in [0.05, 0.1) is 18.1 Å². The number of aromatic nitrogens is 2. The number of rotatable bonds is 4. The van der Waals surface area contributed by atoms with Crippen LogP contribution in [0.5, 0.6) is 0 Å². The van der Waals surface area contributed by atoms with Crippen LogP contribution >= 0.6 is 0 Å². The third-order valence-corrected chi connectivity index (χ3v) is 5.85. The summed E-state index contributed by atoms with van der Waals surface area (Å²) in [6.07, 6.45) is 3.01. The van der Waals surface area contributed by atoms with Crippen molar-refractivity contribution in [3.8, 4) is 5.69 Å². The number of sulfonamides is 1. The van der Waals surface area contributed by atoms with Crippen LogP contribution in [-0.2, 0) is 10.0 Å². The largest absolute Gasteiger partial charge is 0.301 e. The summed E-state index contributed by atoms with van der Waals surface area (Å²) in [5, 5.41) is 4.18. The number of hydrogen-bond acceptors (Lipinski definition) is 4. The maximum Gasteiger partial charge on any atom is 0.246 e. The lowest BCUT2D eigenvalue weighted by Crippen LogP contribution is -2.48. The molecule has 1 aromatic heterocycles. The molecule has 0 aliphatic carbocycles. The molecule has 0 saturated carbocycles. The third kappa shape index (κ3) is 2.92. The number of nitrogens with zero attached hydrogens (tertiary/aromatic N) is 4. The van der Waals surface area contributed by atoms with Crippen molar-refractivity contribution >= 4 is 10.0 Å². The van der Waals surface area contributed by atoms with E-state index in [1.807, 2.05) is 30.3 Å². The number of hydrogen-bond donors (Lipinski definition) is 0. The van der Waals surface area contributed by atoms with E-state index >= 15 is 0 Å². The standard InChI is InChI=1S/C15H20N4O2S/c1-2-17-8-10-18(11-9-17)22(20,21)15-12-16-19(13-15)14-6-4-3-5-7-14/h3-7,12-13H,2,8-11H2,1H3. The molecule has 0 atom stereocenters. The van der Waals surface area contributed by atoms with Crippen LogP contribution in [0.15, 0.2) is 47.6 Å². The van der Waals surface area contributed by atoms with Gasteiger partial charge in [0.15, 0.2) is 0 Å². The summed E-state index contributed by atoms with van der Waals surface area (Å²) in [7, 11) is -3.46. The molecule has 118 valence electrons. The molecule has 22 heavy (non-hydrogen) atoms. The van der Waals surface area contributed by atoms with Gasteiger partial charge in [0.2, 0.25) is 10.0 Å². The first-order valence-electron chi connectivity index (χ1n) is 7.44. The van der Waals surface area contributed by atoms with E-state index in [4.69, 9.17) is 0 Å². The average Bonchev–Trinajstić information content (AvgIpc) is 3.06. The van der Waals surface area contributed by atoms with E-state index in [-0.39, 0.29) is 4.90 Å². The van der Waals surface area contributed by atoms with E-state index in [9.17, 15) is 8.42 Å². The van der Waals surface area contributed by atoms with Crippen molar-refractivity contribution in [2.24, 2.45) is 0 Å². The van der Waals surface area contributed by atoms with Crippen molar-refractivity contribution in [2.45, 2.75) is 11.8 Å². The van der Waals surface area contributed by atoms with E-state index in [1.54, 1.807) is 15.2 Å². The quantitative estimate of drug-likeness (QED) is 0.849. The van der Waals surface area contributed by atoms with E-state index in [0.717, 1.165) is 25.3 Å². The van der Waals surface area contributed by atoms with Crippen molar-refractivity contribution in [3.05, 3.63) is 42.7 Å². The van der Waals surface area contributed by atoms with Crippen LogP contribution < -0.4 is 0 Å². The molecule has 0 radical (unpaired) electrons. The Hall–Kier alpha value is -1.70. The minimum absolute atomic E-state index is 0.251. The van der Waals surface area contributed by atoms with Gasteiger partial charge in [-0.05, 0) is 18.7 Å². The van der Waals surface area contributed by atoms with Gasteiger partial charge in [0.25, 0.3) is 0 Å². The van der Waals surface area contributed by atoms with Gasteiger partial charge in [0, 0.05) is 26.2 Å². The Labute approximate surface area is 131 Å². The van der Waals surface area contributed by atoms with Crippen molar-refractivity contribution < 1.29 is 8.42 Å². The highest BCUT2D eigenvalue weighted by molar-refractivity contribution is 7.89. The Morgan fingerprint density at radius 3 is 2.41 bits per heavy atom. The summed E-state index contributed by atoms with van der Waals surface area (Å²) in [4.78, 5) is 2.50. The first kappa shape index (κ1) is 15.2. The van der Waals surface area contributed by atoms with Crippen molar-refractivity contribution in [1.29, 1.82) is 0 Å². The molecule has 1 aromatic carbocycles. The van der Waals surface area contributed by atoms with Gasteiger partial charge < -0.3 is 4.90 Å². The lowest BCUT2D eigenvalue weighted by Gasteiger charge is -2.32. The summed E-state index contributed by atoms with van der Waals surface area (Å²) in [5.41, 5.74) is 0.847. The van der Waals surface area contributed by atoms with E-state index in [2.05, 4.69) is 16.9 Å².